The number of likely N-dealkylation sites (N-methyl/N-ethyl adjacent to an activating group) is 1. The first-order valence-electron chi connectivity index (χ1n) is 11.2. The van der Waals surface area contributed by atoms with Crippen molar-refractivity contribution in [1.82, 2.24) is 19.4 Å². The van der Waals surface area contributed by atoms with Gasteiger partial charge in [-0.25, -0.2) is 12.8 Å². The topological polar surface area (TPSA) is 128 Å². The molecule has 3 aromatic rings. The highest BCUT2D eigenvalue weighted by Gasteiger charge is 2.34. The molecule has 10 nitrogen and oxygen atoms in total. The Morgan fingerprint density at radius 1 is 1.11 bits per heavy atom. The normalized spacial score (nSPS) is 16.9. The molecule has 0 spiro atoms. The van der Waals surface area contributed by atoms with Gasteiger partial charge in [-0.3, -0.25) is 9.89 Å². The Morgan fingerprint density at radius 2 is 1.89 bits per heavy atom. The second-order valence-corrected chi connectivity index (χ2v) is 10.7. The van der Waals surface area contributed by atoms with E-state index in [1.165, 1.54) is 22.5 Å². The van der Waals surface area contributed by atoms with Crippen molar-refractivity contribution in [3.8, 4) is 0 Å². The van der Waals surface area contributed by atoms with E-state index in [1.807, 2.05) is 6.07 Å². The summed E-state index contributed by atoms with van der Waals surface area (Å²) in [5, 5.41) is 9.68. The number of nitrogen functional groups attached to an aromatic ring is 1. The van der Waals surface area contributed by atoms with Gasteiger partial charge in [0.1, 0.15) is 5.82 Å². The zero-order chi connectivity index (χ0) is 24.7. The van der Waals surface area contributed by atoms with E-state index in [0.717, 1.165) is 37.9 Å². The molecule has 0 saturated carbocycles. The number of H-pyrrole nitrogens is 1. The summed E-state index contributed by atoms with van der Waals surface area (Å²) in [5.41, 5.74) is 8.96. The lowest BCUT2D eigenvalue weighted by Crippen LogP contribution is -2.44. The fourth-order valence-corrected chi connectivity index (χ4v) is 5.76. The number of nitrogens with one attached hydrogen (secondary N) is 2. The average Bonchev–Trinajstić information content (AvgIpc) is 3.42. The highest BCUT2D eigenvalue weighted by atomic mass is 32.2. The number of hydrogen-bond donors (Lipinski definition) is 3. The number of piperazine rings is 1. The van der Waals surface area contributed by atoms with Crippen molar-refractivity contribution in [3.63, 3.8) is 0 Å². The highest BCUT2D eigenvalue weighted by Crippen LogP contribution is 2.32. The van der Waals surface area contributed by atoms with Crippen molar-refractivity contribution in [2.24, 2.45) is 0 Å². The van der Waals surface area contributed by atoms with E-state index in [9.17, 15) is 17.6 Å². The van der Waals surface area contributed by atoms with Crippen LogP contribution in [0.1, 0.15) is 21.6 Å². The van der Waals surface area contributed by atoms with Crippen LogP contribution in [-0.4, -0.2) is 67.0 Å². The lowest BCUT2D eigenvalue weighted by molar-refractivity contribution is 0.102. The Bertz CT molecular complexity index is 1380. The van der Waals surface area contributed by atoms with Crippen molar-refractivity contribution in [2.45, 2.75) is 18.0 Å². The SMILES string of the molecule is CN1CCN(c2ccc(C(=O)Nc3n[nH]c4c3CN(S(=O)(=O)c3cccc(F)c3)C4)c(N)c2)CC1. The van der Waals surface area contributed by atoms with Gasteiger partial charge in [0.05, 0.1) is 22.7 Å². The number of hydrogen-bond acceptors (Lipinski definition) is 7. The van der Waals surface area contributed by atoms with E-state index in [-0.39, 0.29) is 23.8 Å². The molecule has 1 amide bonds. The summed E-state index contributed by atoms with van der Waals surface area (Å²) in [5.74, 6) is -0.827. The third kappa shape index (κ3) is 4.47. The Hall–Kier alpha value is -3.48. The van der Waals surface area contributed by atoms with Gasteiger partial charge in [-0.2, -0.15) is 9.40 Å². The molecule has 0 aliphatic carbocycles. The number of nitrogens with zero attached hydrogens (tertiary/aromatic N) is 4. The smallest absolute Gasteiger partial charge is 0.258 e. The Labute approximate surface area is 202 Å². The first kappa shape index (κ1) is 23.3. The number of aromatic amines is 1. The number of carbonyl (C=O) groups is 1. The molecule has 0 unspecified atom stereocenters. The minimum absolute atomic E-state index is 0.00187. The molecule has 2 aromatic carbocycles. The maximum Gasteiger partial charge on any atom is 0.258 e. The van der Waals surface area contributed by atoms with Crippen LogP contribution in [0.3, 0.4) is 0 Å². The molecule has 3 heterocycles. The van der Waals surface area contributed by atoms with Gasteiger partial charge in [-0.05, 0) is 43.4 Å². The van der Waals surface area contributed by atoms with Gasteiger partial charge in [0.2, 0.25) is 10.0 Å². The molecule has 2 aliphatic rings. The van der Waals surface area contributed by atoms with Crippen LogP contribution < -0.4 is 16.0 Å². The molecule has 1 saturated heterocycles. The van der Waals surface area contributed by atoms with Crippen LogP contribution in [0.2, 0.25) is 0 Å². The third-order valence-electron chi connectivity index (χ3n) is 6.44. The zero-order valence-electron chi connectivity index (χ0n) is 19.2. The van der Waals surface area contributed by atoms with Gasteiger partial charge in [-0.1, -0.05) is 6.07 Å². The van der Waals surface area contributed by atoms with E-state index >= 15 is 0 Å². The van der Waals surface area contributed by atoms with Gasteiger partial charge < -0.3 is 20.9 Å². The molecule has 4 N–H and O–H groups in total. The van der Waals surface area contributed by atoms with Gasteiger partial charge in [0, 0.05) is 49.7 Å². The van der Waals surface area contributed by atoms with E-state index in [0.29, 0.717) is 22.5 Å². The summed E-state index contributed by atoms with van der Waals surface area (Å²) >= 11 is 0. The summed E-state index contributed by atoms with van der Waals surface area (Å²) in [6.45, 7) is 3.72. The van der Waals surface area contributed by atoms with E-state index in [4.69, 9.17) is 5.73 Å². The monoisotopic (exact) mass is 499 g/mol. The van der Waals surface area contributed by atoms with Crippen molar-refractivity contribution in [2.75, 3.05) is 49.2 Å². The van der Waals surface area contributed by atoms with Crippen LogP contribution >= 0.6 is 0 Å². The summed E-state index contributed by atoms with van der Waals surface area (Å²) in [6.07, 6.45) is 0. The van der Waals surface area contributed by atoms with Gasteiger partial charge in [-0.15, -0.1) is 0 Å². The molecule has 12 heteroatoms. The molecule has 2 aliphatic heterocycles. The first-order valence-corrected chi connectivity index (χ1v) is 12.6. The lowest BCUT2D eigenvalue weighted by Gasteiger charge is -2.34. The number of benzene rings is 2. The molecule has 1 fully saturated rings. The standard InChI is InChI=1S/C23H26FN7O3S/c1-29-7-9-30(10-8-29)16-5-6-18(20(25)12-16)23(32)26-22-19-13-31(14-21(19)27-28-22)35(33,34)17-4-2-3-15(24)11-17/h2-6,11-12H,7-10,13-14,25H2,1H3,(H2,26,27,28,32). The van der Waals surface area contributed by atoms with Crippen molar-refractivity contribution >= 4 is 33.1 Å². The largest absolute Gasteiger partial charge is 0.398 e. The number of nitrogens with two attached hydrogens (primary N) is 1. The predicted octanol–water partition coefficient (Wildman–Crippen LogP) is 1.84. The van der Waals surface area contributed by atoms with Crippen LogP contribution in [0.25, 0.3) is 0 Å². The number of carbonyl (C=O) groups excluding carboxylic acids is 1. The summed E-state index contributed by atoms with van der Waals surface area (Å²) in [7, 11) is -1.83. The van der Waals surface area contributed by atoms with Crippen LogP contribution in [0.4, 0.5) is 21.6 Å². The molecule has 5 rings (SSSR count). The van der Waals surface area contributed by atoms with Gasteiger partial charge in [0.15, 0.2) is 5.82 Å². The number of rotatable bonds is 5. The van der Waals surface area contributed by atoms with E-state index in [2.05, 4.69) is 32.4 Å². The number of sulfonamides is 1. The van der Waals surface area contributed by atoms with Gasteiger partial charge in [0.25, 0.3) is 5.91 Å². The lowest BCUT2D eigenvalue weighted by atomic mass is 10.1. The van der Waals surface area contributed by atoms with Crippen LogP contribution in [0.15, 0.2) is 47.4 Å². The second-order valence-electron chi connectivity index (χ2n) is 8.78. The number of halogens is 1. The number of amides is 1. The van der Waals surface area contributed by atoms with Crippen molar-refractivity contribution in [3.05, 3.63) is 65.1 Å². The zero-order valence-corrected chi connectivity index (χ0v) is 20.0. The van der Waals surface area contributed by atoms with Crippen LogP contribution in [0, 0.1) is 5.82 Å². The molecule has 0 bridgehead atoms. The maximum atomic E-state index is 13.6. The quantitative estimate of drug-likeness (QED) is 0.457. The minimum Gasteiger partial charge on any atom is -0.398 e. The van der Waals surface area contributed by atoms with Crippen LogP contribution in [0.5, 0.6) is 0 Å². The second kappa shape index (κ2) is 8.95. The number of fused-ring (bicyclic) bond motifs is 1. The van der Waals surface area contributed by atoms with E-state index < -0.39 is 21.7 Å². The number of anilines is 3. The highest BCUT2D eigenvalue weighted by molar-refractivity contribution is 7.89. The fraction of sp³-hybridized carbons (Fsp3) is 0.304. The fourth-order valence-electron chi connectivity index (χ4n) is 4.35. The molecule has 184 valence electrons. The maximum absolute atomic E-state index is 13.6. The molecule has 0 radical (unpaired) electrons. The number of aromatic nitrogens is 2. The summed E-state index contributed by atoms with van der Waals surface area (Å²) in [6, 6.07) is 10.2. The Morgan fingerprint density at radius 3 is 2.60 bits per heavy atom. The van der Waals surface area contributed by atoms with Crippen molar-refractivity contribution in [1.29, 1.82) is 0 Å². The average molecular weight is 500 g/mol. The molecule has 0 atom stereocenters. The molecule has 35 heavy (non-hydrogen) atoms. The molecule has 1 aromatic heterocycles. The third-order valence-corrected chi connectivity index (χ3v) is 8.22. The first-order chi connectivity index (χ1) is 16.7. The Balaban J connectivity index is 1.30. The Kier molecular flexibility index (Phi) is 5.95. The minimum atomic E-state index is -3.92. The van der Waals surface area contributed by atoms with Crippen molar-refractivity contribution < 1.29 is 17.6 Å². The molecular formula is C23H26FN7O3S. The van der Waals surface area contributed by atoms with E-state index in [1.54, 1.807) is 12.1 Å². The van der Waals surface area contributed by atoms with Gasteiger partial charge >= 0.3 is 0 Å². The predicted molar refractivity (Wildman–Crippen MR) is 130 cm³/mol. The van der Waals surface area contributed by atoms with Crippen LogP contribution in [-0.2, 0) is 23.1 Å². The summed E-state index contributed by atoms with van der Waals surface area (Å²) < 4.78 is 40.7. The summed E-state index contributed by atoms with van der Waals surface area (Å²) in [4.78, 5) is 17.3. The molecular weight excluding hydrogens is 473 g/mol.